The minimum atomic E-state index is -3.74. The molecule has 3 aliphatic rings. The molecule has 2 bridgehead atoms. The number of pyridine rings is 1. The summed E-state index contributed by atoms with van der Waals surface area (Å²) in [5.74, 6) is 0.0936. The lowest BCUT2D eigenvalue weighted by molar-refractivity contribution is -0.103. The van der Waals surface area contributed by atoms with Crippen molar-refractivity contribution < 1.29 is 26.8 Å². The van der Waals surface area contributed by atoms with Crippen LogP contribution in [0.5, 0.6) is 0 Å². The molecule has 0 saturated heterocycles. The summed E-state index contributed by atoms with van der Waals surface area (Å²) in [6, 6.07) is 14.1. The molecule has 3 fully saturated rings. The van der Waals surface area contributed by atoms with Crippen LogP contribution < -0.4 is 10.0 Å². The number of furan rings is 1. The Labute approximate surface area is 224 Å². The van der Waals surface area contributed by atoms with E-state index < -0.39 is 21.7 Å². The van der Waals surface area contributed by atoms with Crippen LogP contribution in [0.2, 0.25) is 0 Å². The topological polar surface area (TPSA) is 118 Å². The molecule has 3 saturated carbocycles. The number of nitrogens with zero attached hydrogens (tertiary/aromatic N) is 1. The average molecular weight is 548 g/mol. The number of nitrogens with one attached hydrogen (secondary N) is 2. The Kier molecular flexibility index (Phi) is 5.83. The van der Waals surface area contributed by atoms with Gasteiger partial charge < -0.3 is 9.73 Å². The first-order valence-corrected chi connectivity index (χ1v) is 14.5. The number of fused-ring (bicyclic) bond motifs is 1. The van der Waals surface area contributed by atoms with E-state index in [2.05, 4.69) is 15.0 Å². The quantitative estimate of drug-likeness (QED) is 0.285. The molecule has 2 aromatic heterocycles. The number of benzene rings is 2. The number of hydrogen-bond acceptors (Lipinski definition) is 6. The Morgan fingerprint density at radius 1 is 1.08 bits per heavy atom. The van der Waals surface area contributed by atoms with Crippen molar-refractivity contribution in [1.82, 2.24) is 10.3 Å². The summed E-state index contributed by atoms with van der Waals surface area (Å²) >= 11 is 0. The molecule has 4 aromatic rings. The van der Waals surface area contributed by atoms with Gasteiger partial charge in [-0.25, -0.2) is 12.8 Å². The third kappa shape index (κ3) is 4.58. The number of carbonyl (C=O) groups excluding carboxylic acids is 2. The standard InChI is InChI=1S/C29H26FN3O5S/c1-31-27(35)24-22-11-21(18-4-3-5-19(10-18)23(34)15-29-12-16(13-29)14-29)26(33-39(2,36)37)32-28(22)38-25(24)17-6-8-20(30)9-7-17/h3-11,16H,12-15H2,1-2H3,(H,31,35)(H,32,33). The van der Waals surface area contributed by atoms with Gasteiger partial charge in [0.25, 0.3) is 5.91 Å². The van der Waals surface area contributed by atoms with Crippen LogP contribution in [-0.4, -0.2) is 38.4 Å². The predicted molar refractivity (Wildman–Crippen MR) is 145 cm³/mol. The second-order valence-corrected chi connectivity index (χ2v) is 12.4. The monoisotopic (exact) mass is 547 g/mol. The van der Waals surface area contributed by atoms with E-state index in [9.17, 15) is 22.4 Å². The number of carbonyl (C=O) groups is 2. The first-order chi connectivity index (χ1) is 18.5. The zero-order valence-electron chi connectivity index (χ0n) is 21.4. The highest BCUT2D eigenvalue weighted by Crippen LogP contribution is 2.66. The van der Waals surface area contributed by atoms with Crippen molar-refractivity contribution in [3.63, 3.8) is 0 Å². The number of hydrogen-bond donors (Lipinski definition) is 2. The summed E-state index contributed by atoms with van der Waals surface area (Å²) in [5, 5.41) is 2.94. The highest BCUT2D eigenvalue weighted by molar-refractivity contribution is 7.92. The molecule has 39 heavy (non-hydrogen) atoms. The van der Waals surface area contributed by atoms with Crippen LogP contribution in [0.15, 0.2) is 59.0 Å². The number of ketones is 1. The van der Waals surface area contributed by atoms with Crippen molar-refractivity contribution in [1.29, 1.82) is 0 Å². The van der Waals surface area contributed by atoms with E-state index >= 15 is 0 Å². The maximum Gasteiger partial charge on any atom is 0.255 e. The molecular formula is C29H26FN3O5S. The second kappa shape index (κ2) is 9.01. The minimum absolute atomic E-state index is 0.00289. The third-order valence-corrected chi connectivity index (χ3v) is 8.29. The van der Waals surface area contributed by atoms with Gasteiger partial charge >= 0.3 is 0 Å². The molecule has 2 aromatic carbocycles. The summed E-state index contributed by atoms with van der Waals surface area (Å²) in [6.45, 7) is 0. The highest BCUT2D eigenvalue weighted by atomic mass is 32.2. The Hall–Kier alpha value is -4.05. The summed E-state index contributed by atoms with van der Waals surface area (Å²) < 4.78 is 46.4. The Balaban J connectivity index is 1.50. The van der Waals surface area contributed by atoms with Crippen LogP contribution in [0, 0.1) is 17.2 Å². The number of anilines is 1. The summed E-state index contributed by atoms with van der Waals surface area (Å²) in [6.07, 6.45) is 4.85. The van der Waals surface area contributed by atoms with Gasteiger partial charge in [0.05, 0.1) is 17.2 Å². The van der Waals surface area contributed by atoms with E-state index in [0.717, 1.165) is 31.4 Å². The van der Waals surface area contributed by atoms with Crippen molar-refractivity contribution in [3.05, 3.63) is 71.5 Å². The van der Waals surface area contributed by atoms with E-state index in [1.807, 2.05) is 0 Å². The Morgan fingerprint density at radius 2 is 1.79 bits per heavy atom. The number of halogens is 1. The Morgan fingerprint density at radius 3 is 2.41 bits per heavy atom. The molecule has 0 unspecified atom stereocenters. The lowest BCUT2D eigenvalue weighted by Crippen LogP contribution is -2.52. The van der Waals surface area contributed by atoms with E-state index in [1.165, 1.54) is 31.3 Å². The summed E-state index contributed by atoms with van der Waals surface area (Å²) in [4.78, 5) is 30.6. The van der Waals surface area contributed by atoms with Crippen LogP contribution in [0.25, 0.3) is 33.6 Å². The first kappa shape index (κ1) is 25.2. The molecule has 3 aliphatic carbocycles. The van der Waals surface area contributed by atoms with Gasteiger partial charge in [0.2, 0.25) is 15.7 Å². The molecule has 7 rings (SSSR count). The molecule has 10 heteroatoms. The maximum absolute atomic E-state index is 13.6. The zero-order valence-corrected chi connectivity index (χ0v) is 22.2. The van der Waals surface area contributed by atoms with Crippen LogP contribution >= 0.6 is 0 Å². The van der Waals surface area contributed by atoms with E-state index in [4.69, 9.17) is 4.42 Å². The SMILES string of the molecule is CNC(=O)c1c(-c2ccc(F)cc2)oc2nc(NS(C)(=O)=O)c(-c3cccc(C(=O)CC45CC(C4)C5)c3)cc12. The molecule has 200 valence electrons. The molecule has 2 N–H and O–H groups in total. The highest BCUT2D eigenvalue weighted by Gasteiger charge is 2.56. The number of aromatic nitrogens is 1. The fraction of sp³-hybridized carbons (Fsp3) is 0.276. The number of rotatable bonds is 8. The van der Waals surface area contributed by atoms with Gasteiger partial charge in [0, 0.05) is 30.2 Å². The van der Waals surface area contributed by atoms with E-state index in [1.54, 1.807) is 30.3 Å². The van der Waals surface area contributed by atoms with Crippen molar-refractivity contribution in [3.8, 4) is 22.5 Å². The van der Waals surface area contributed by atoms with Crippen LogP contribution in [0.4, 0.5) is 10.2 Å². The smallest absolute Gasteiger partial charge is 0.255 e. The number of Topliss-reactive ketones (excluding diaryl/α,β-unsaturated/α-hetero) is 1. The molecule has 0 aliphatic heterocycles. The van der Waals surface area contributed by atoms with Gasteiger partial charge in [0.15, 0.2) is 11.6 Å². The van der Waals surface area contributed by atoms with Gasteiger partial charge in [0.1, 0.15) is 11.6 Å². The average Bonchev–Trinajstić information content (AvgIpc) is 3.22. The lowest BCUT2D eigenvalue weighted by Gasteiger charge is -2.62. The normalized spacial score (nSPS) is 19.7. The van der Waals surface area contributed by atoms with Gasteiger partial charge in [-0.15, -0.1) is 0 Å². The van der Waals surface area contributed by atoms with Crippen molar-refractivity contribution in [2.24, 2.45) is 11.3 Å². The van der Waals surface area contributed by atoms with Gasteiger partial charge in [-0.05, 0) is 72.6 Å². The summed E-state index contributed by atoms with van der Waals surface area (Å²) in [7, 11) is -2.26. The molecule has 0 radical (unpaired) electrons. The fourth-order valence-corrected chi connectivity index (χ4v) is 6.34. The largest absolute Gasteiger partial charge is 0.437 e. The molecule has 0 atom stereocenters. The van der Waals surface area contributed by atoms with Crippen molar-refractivity contribution in [2.45, 2.75) is 25.7 Å². The number of amides is 1. The zero-order chi connectivity index (χ0) is 27.5. The first-order valence-electron chi connectivity index (χ1n) is 12.6. The molecule has 2 heterocycles. The van der Waals surface area contributed by atoms with E-state index in [0.29, 0.717) is 34.1 Å². The lowest BCUT2D eigenvalue weighted by atomic mass is 9.43. The molecule has 8 nitrogen and oxygen atoms in total. The van der Waals surface area contributed by atoms with Crippen LogP contribution in [0.1, 0.15) is 46.4 Å². The van der Waals surface area contributed by atoms with Gasteiger partial charge in [-0.1, -0.05) is 18.2 Å². The third-order valence-electron chi connectivity index (χ3n) is 7.72. The van der Waals surface area contributed by atoms with Gasteiger partial charge in [-0.3, -0.25) is 14.3 Å². The fourth-order valence-electron chi connectivity index (χ4n) is 5.83. The predicted octanol–water partition coefficient (Wildman–Crippen LogP) is 5.40. The van der Waals surface area contributed by atoms with E-state index in [-0.39, 0.29) is 34.1 Å². The van der Waals surface area contributed by atoms with Crippen LogP contribution in [0.3, 0.4) is 0 Å². The van der Waals surface area contributed by atoms with Gasteiger partial charge in [-0.2, -0.15) is 4.98 Å². The van der Waals surface area contributed by atoms with Crippen molar-refractivity contribution in [2.75, 3.05) is 18.0 Å². The molecule has 0 spiro atoms. The second-order valence-electron chi connectivity index (χ2n) is 10.7. The van der Waals surface area contributed by atoms with Crippen LogP contribution in [-0.2, 0) is 10.0 Å². The molecule has 1 amide bonds. The maximum atomic E-state index is 13.6. The minimum Gasteiger partial charge on any atom is -0.437 e. The number of sulfonamides is 1. The summed E-state index contributed by atoms with van der Waals surface area (Å²) in [5.41, 5.74) is 2.28. The van der Waals surface area contributed by atoms with Crippen molar-refractivity contribution >= 4 is 38.6 Å². The Bertz CT molecular complexity index is 1740. The molecular weight excluding hydrogens is 521 g/mol.